The zero-order chi connectivity index (χ0) is 7.61. The van der Waals surface area contributed by atoms with Crippen LogP contribution in [0, 0.1) is 0 Å². The van der Waals surface area contributed by atoms with Gasteiger partial charge in [-0.15, -0.1) is 0 Å². The largest absolute Gasteiger partial charge is 1.00 e. The second-order valence-corrected chi connectivity index (χ2v) is 3.45. The average Bonchev–Trinajstić information content (AvgIpc) is 1.88. The molecule has 1 rings (SSSR count). The molecule has 2 heteroatoms. The van der Waals surface area contributed by atoms with Crippen molar-refractivity contribution in [3.63, 3.8) is 0 Å². The summed E-state index contributed by atoms with van der Waals surface area (Å²) >= 11 is 0. The van der Waals surface area contributed by atoms with Crippen LogP contribution in [0.2, 0.25) is 0 Å². The highest BCUT2D eigenvalue weighted by molar-refractivity contribution is 4.84. The van der Waals surface area contributed by atoms with Gasteiger partial charge in [0, 0.05) is 32.9 Å². The zero-order valence-electron chi connectivity index (χ0n) is 7.21. The number of nitrogens with zero attached hydrogens (tertiary/aromatic N) is 1. The lowest BCUT2D eigenvalue weighted by atomic mass is 10.1. The molecule has 11 heavy (non-hydrogen) atoms. The average molecular weight is 172 g/mol. The maximum Gasteiger partial charge on any atom is 0.169 e. The molecule has 0 radical (unpaired) electrons. The lowest BCUT2D eigenvalue weighted by Gasteiger charge is -2.11. The third kappa shape index (κ3) is 2.89. The molecule has 0 N–H and O–H groups in total. The van der Waals surface area contributed by atoms with E-state index in [1.807, 2.05) is 18.2 Å². The summed E-state index contributed by atoms with van der Waals surface area (Å²) in [5, 5.41) is 0. The Balaban J connectivity index is 0.000001000. The second kappa shape index (κ2) is 3.72. The van der Waals surface area contributed by atoms with Crippen molar-refractivity contribution in [3.8, 4) is 0 Å². The Kier molecular flexibility index (Phi) is 3.53. The Labute approximate surface area is 74.5 Å². The highest BCUT2D eigenvalue weighted by Gasteiger charge is 2.19. The molecule has 0 aliphatic rings. The van der Waals surface area contributed by atoms with Gasteiger partial charge in [-0.2, -0.15) is 0 Å². The van der Waals surface area contributed by atoms with E-state index in [2.05, 4.69) is 37.7 Å². The summed E-state index contributed by atoms with van der Waals surface area (Å²) in [6.45, 7) is 6.56. The van der Waals surface area contributed by atoms with E-state index in [4.69, 9.17) is 0 Å². The van der Waals surface area contributed by atoms with Crippen LogP contribution in [0.25, 0.3) is 0 Å². The van der Waals surface area contributed by atoms with Crippen LogP contribution in [-0.4, -0.2) is 0 Å². The predicted octanol–water partition coefficient (Wildman–Crippen LogP) is -1.27. The van der Waals surface area contributed by atoms with Crippen LogP contribution >= 0.6 is 0 Å². The van der Waals surface area contributed by atoms with Crippen LogP contribution in [0.1, 0.15) is 20.8 Å². The monoisotopic (exact) mass is 171 g/mol. The van der Waals surface area contributed by atoms with E-state index in [0.29, 0.717) is 0 Å². The van der Waals surface area contributed by atoms with E-state index in [0.717, 1.165) is 0 Å². The summed E-state index contributed by atoms with van der Waals surface area (Å²) in [7, 11) is 0. The highest BCUT2D eigenvalue weighted by atomic mass is 35.5. The normalized spacial score (nSPS) is 10.5. The minimum absolute atomic E-state index is 0. The summed E-state index contributed by atoms with van der Waals surface area (Å²) in [4.78, 5) is 0. The van der Waals surface area contributed by atoms with Gasteiger partial charge in [0.05, 0.1) is 0 Å². The van der Waals surface area contributed by atoms with Crippen LogP contribution in [0.3, 0.4) is 0 Å². The Hall–Kier alpha value is -0.560. The summed E-state index contributed by atoms with van der Waals surface area (Å²) < 4.78 is 2.19. The summed E-state index contributed by atoms with van der Waals surface area (Å²) in [5.74, 6) is 0. The second-order valence-electron chi connectivity index (χ2n) is 3.45. The lowest BCUT2D eigenvalue weighted by molar-refractivity contribution is -0.754. The number of halogens is 1. The fourth-order valence-electron chi connectivity index (χ4n) is 0.846. The van der Waals surface area contributed by atoms with Crippen LogP contribution in [0.15, 0.2) is 30.6 Å². The van der Waals surface area contributed by atoms with Crippen LogP contribution in [-0.2, 0) is 5.54 Å². The van der Waals surface area contributed by atoms with E-state index < -0.39 is 0 Å². The summed E-state index contributed by atoms with van der Waals surface area (Å²) in [5.41, 5.74) is 0.210. The topological polar surface area (TPSA) is 3.88 Å². The Morgan fingerprint density at radius 2 is 1.36 bits per heavy atom. The standard InChI is InChI=1S/C9H14N.ClH/c1-9(2,3)10-7-5-4-6-8-10;/h4-8H,1-3H3;1H/q+1;/p-1. The molecule has 0 aromatic carbocycles. The SMILES string of the molecule is CC(C)(C)[n+]1ccccc1.[Cl-]. The van der Waals surface area contributed by atoms with Gasteiger partial charge < -0.3 is 12.4 Å². The van der Waals surface area contributed by atoms with Crippen molar-refractivity contribution in [2.75, 3.05) is 0 Å². The third-order valence-electron chi connectivity index (χ3n) is 1.49. The maximum absolute atomic E-state index is 2.19. The number of hydrogen-bond acceptors (Lipinski definition) is 0. The lowest BCUT2D eigenvalue weighted by Crippen LogP contribution is -3.00. The summed E-state index contributed by atoms with van der Waals surface area (Å²) in [6.07, 6.45) is 4.17. The molecule has 0 aliphatic heterocycles. The van der Waals surface area contributed by atoms with Crippen LogP contribution in [0.5, 0.6) is 0 Å². The molecule has 0 unspecified atom stereocenters. The van der Waals surface area contributed by atoms with Gasteiger partial charge in [0.1, 0.15) is 0 Å². The van der Waals surface area contributed by atoms with Crippen molar-refractivity contribution in [2.24, 2.45) is 0 Å². The first-order valence-electron chi connectivity index (χ1n) is 3.57. The smallest absolute Gasteiger partial charge is 0.169 e. The van der Waals surface area contributed by atoms with E-state index >= 15 is 0 Å². The Morgan fingerprint density at radius 1 is 0.909 bits per heavy atom. The number of aromatic nitrogens is 1. The molecule has 62 valence electrons. The molecule has 0 fully saturated rings. The molecule has 0 saturated carbocycles. The molecule has 0 aliphatic carbocycles. The Bertz CT molecular complexity index is 201. The van der Waals surface area contributed by atoms with Gasteiger partial charge >= 0.3 is 0 Å². The van der Waals surface area contributed by atoms with Gasteiger partial charge in [-0.25, -0.2) is 4.57 Å². The number of hydrogen-bond donors (Lipinski definition) is 0. The van der Waals surface area contributed by atoms with Gasteiger partial charge in [-0.1, -0.05) is 6.07 Å². The van der Waals surface area contributed by atoms with E-state index in [9.17, 15) is 0 Å². The maximum atomic E-state index is 2.19. The molecule has 0 amide bonds. The molecule has 1 nitrogen and oxygen atoms in total. The minimum Gasteiger partial charge on any atom is -1.00 e. The van der Waals surface area contributed by atoms with E-state index in [-0.39, 0.29) is 17.9 Å². The fraction of sp³-hybridized carbons (Fsp3) is 0.444. The van der Waals surface area contributed by atoms with Crippen LogP contribution in [0.4, 0.5) is 0 Å². The van der Waals surface area contributed by atoms with Crippen molar-refractivity contribution in [1.29, 1.82) is 0 Å². The molecule has 1 aromatic rings. The number of rotatable bonds is 0. The molecule has 0 spiro atoms. The first-order chi connectivity index (χ1) is 4.61. The van der Waals surface area contributed by atoms with Crippen LogP contribution < -0.4 is 17.0 Å². The Morgan fingerprint density at radius 3 is 1.64 bits per heavy atom. The minimum atomic E-state index is 0. The third-order valence-corrected chi connectivity index (χ3v) is 1.49. The first kappa shape index (κ1) is 10.4. The van der Waals surface area contributed by atoms with Gasteiger partial charge in [0.25, 0.3) is 0 Å². The van der Waals surface area contributed by atoms with Gasteiger partial charge in [0.15, 0.2) is 17.9 Å². The molecule has 1 aromatic heterocycles. The van der Waals surface area contributed by atoms with Gasteiger partial charge in [-0.3, -0.25) is 0 Å². The van der Waals surface area contributed by atoms with E-state index in [1.54, 1.807) is 0 Å². The quantitative estimate of drug-likeness (QED) is 0.429. The van der Waals surface area contributed by atoms with Crippen molar-refractivity contribution < 1.29 is 17.0 Å². The molecular formula is C9H14ClN. The first-order valence-corrected chi connectivity index (χ1v) is 3.57. The van der Waals surface area contributed by atoms with Gasteiger partial charge in [0.2, 0.25) is 0 Å². The predicted molar refractivity (Wildman–Crippen MR) is 41.6 cm³/mol. The van der Waals surface area contributed by atoms with E-state index in [1.165, 1.54) is 0 Å². The fourth-order valence-corrected chi connectivity index (χ4v) is 0.846. The molecular weight excluding hydrogens is 158 g/mol. The van der Waals surface area contributed by atoms with Crippen molar-refractivity contribution in [3.05, 3.63) is 30.6 Å². The summed E-state index contributed by atoms with van der Waals surface area (Å²) in [6, 6.07) is 6.12. The molecule has 0 atom stereocenters. The molecule has 1 heterocycles. The highest BCUT2D eigenvalue weighted by Crippen LogP contribution is 2.01. The van der Waals surface area contributed by atoms with Crippen molar-refractivity contribution in [1.82, 2.24) is 0 Å². The molecule has 0 bridgehead atoms. The van der Waals surface area contributed by atoms with Gasteiger partial charge in [-0.05, 0) is 0 Å². The van der Waals surface area contributed by atoms with Crippen molar-refractivity contribution >= 4 is 0 Å². The molecule has 0 saturated heterocycles. The van der Waals surface area contributed by atoms with Crippen molar-refractivity contribution in [2.45, 2.75) is 26.3 Å². The number of pyridine rings is 1. The zero-order valence-corrected chi connectivity index (χ0v) is 7.97.